The minimum atomic E-state index is -2.28. The quantitative estimate of drug-likeness (QED) is 0.458. The van der Waals surface area contributed by atoms with Crippen molar-refractivity contribution in [2.24, 2.45) is 0 Å². The molecule has 0 spiro atoms. The molecule has 0 saturated carbocycles. The van der Waals surface area contributed by atoms with E-state index in [4.69, 9.17) is 16.9 Å². The van der Waals surface area contributed by atoms with Crippen LogP contribution in [0.4, 0.5) is 5.82 Å². The maximum Gasteiger partial charge on any atom is 0.165 e. The minimum absolute atomic E-state index is 0.196. The van der Waals surface area contributed by atoms with Crippen molar-refractivity contribution in [3.8, 4) is 0 Å². The van der Waals surface area contributed by atoms with Gasteiger partial charge in [0.05, 0.1) is 20.5 Å². The van der Waals surface area contributed by atoms with Crippen molar-refractivity contribution in [1.82, 2.24) is 9.55 Å². The zero-order valence-electron chi connectivity index (χ0n) is 8.82. The fourth-order valence-corrected chi connectivity index (χ4v) is 1.51. The topological polar surface area (TPSA) is 114 Å². The van der Waals surface area contributed by atoms with Crippen molar-refractivity contribution in [2.75, 3.05) is 12.3 Å². The lowest BCUT2D eigenvalue weighted by Gasteiger charge is -2.16. The van der Waals surface area contributed by atoms with Gasteiger partial charge in [0, 0.05) is 0 Å². The van der Waals surface area contributed by atoms with E-state index >= 15 is 0 Å². The number of aliphatic hydroxyl groups is 3. The average Bonchev–Trinajstić information content (AvgIpc) is 2.72. The van der Waals surface area contributed by atoms with E-state index < -0.39 is 31.1 Å². The first kappa shape index (κ1) is 9.10. The molecule has 1 fully saturated rings. The van der Waals surface area contributed by atoms with E-state index in [0.717, 1.165) is 0 Å². The standard InChI is InChI=1S/C8H13N3O4/c9-5-1-10-3-11(5)8-7(14)6(13)4(2-12)15-8/h1,3-4,6-8,12-14H,2,9H2/t4-,6-,7-,8-/m1/s1/i7D. The summed E-state index contributed by atoms with van der Waals surface area (Å²) >= 11 is 0. The number of nitrogen functional groups attached to an aromatic ring is 1. The lowest BCUT2D eigenvalue weighted by molar-refractivity contribution is -0.0517. The van der Waals surface area contributed by atoms with Crippen molar-refractivity contribution in [1.29, 1.82) is 0 Å². The van der Waals surface area contributed by atoms with Crippen LogP contribution in [-0.4, -0.2) is 49.8 Å². The number of hydrogen-bond donors (Lipinski definition) is 4. The Balaban J connectivity index is 2.33. The summed E-state index contributed by atoms with van der Waals surface area (Å²) in [7, 11) is 0. The number of anilines is 1. The van der Waals surface area contributed by atoms with E-state index in [1.807, 2.05) is 0 Å². The SMILES string of the molecule is [2H][C@@]1(O)[C@H](O)[C@@H](CO)O[C@H]1n1cncc1N. The largest absolute Gasteiger partial charge is 0.394 e. The first-order valence-electron chi connectivity index (χ1n) is 4.92. The van der Waals surface area contributed by atoms with E-state index in [-0.39, 0.29) is 5.82 Å². The Bertz CT molecular complexity index is 383. The van der Waals surface area contributed by atoms with Crippen LogP contribution in [0.5, 0.6) is 0 Å². The molecule has 1 saturated heterocycles. The summed E-state index contributed by atoms with van der Waals surface area (Å²) in [6.45, 7) is -0.493. The highest BCUT2D eigenvalue weighted by molar-refractivity contribution is 5.25. The van der Waals surface area contributed by atoms with Crippen LogP contribution in [0, 0.1) is 0 Å². The maximum absolute atomic E-state index is 9.80. The predicted molar refractivity (Wildman–Crippen MR) is 49.6 cm³/mol. The molecule has 4 atom stereocenters. The molecule has 1 aromatic rings. The highest BCUT2D eigenvalue weighted by Gasteiger charge is 2.43. The third-order valence-electron chi connectivity index (χ3n) is 2.34. The van der Waals surface area contributed by atoms with Crippen molar-refractivity contribution >= 4 is 5.82 Å². The molecule has 0 unspecified atom stereocenters. The number of hydrogen-bond acceptors (Lipinski definition) is 6. The molecule has 0 aromatic carbocycles. The fourth-order valence-electron chi connectivity index (χ4n) is 1.51. The third kappa shape index (κ3) is 1.59. The van der Waals surface area contributed by atoms with Gasteiger partial charge in [0.2, 0.25) is 0 Å². The Morgan fingerprint density at radius 2 is 2.40 bits per heavy atom. The van der Waals surface area contributed by atoms with E-state index in [1.54, 1.807) is 0 Å². The van der Waals surface area contributed by atoms with Crippen LogP contribution in [0.3, 0.4) is 0 Å². The molecule has 2 rings (SSSR count). The lowest BCUT2D eigenvalue weighted by Crippen LogP contribution is -2.33. The molecule has 84 valence electrons. The van der Waals surface area contributed by atoms with Gasteiger partial charge in [-0.25, -0.2) is 4.98 Å². The fraction of sp³-hybridized carbons (Fsp3) is 0.625. The van der Waals surface area contributed by atoms with Crippen LogP contribution in [0.25, 0.3) is 0 Å². The zero-order chi connectivity index (χ0) is 11.9. The van der Waals surface area contributed by atoms with Gasteiger partial charge in [0.1, 0.15) is 24.1 Å². The van der Waals surface area contributed by atoms with Gasteiger partial charge in [-0.1, -0.05) is 0 Å². The molecule has 1 aliphatic rings. The Morgan fingerprint density at radius 1 is 1.67 bits per heavy atom. The molecule has 1 aliphatic heterocycles. The average molecular weight is 216 g/mol. The predicted octanol–water partition coefficient (Wildman–Crippen LogP) is -1.92. The molecule has 7 nitrogen and oxygen atoms in total. The summed E-state index contributed by atoms with van der Waals surface area (Å²) in [6.07, 6.45) is -3.38. The third-order valence-corrected chi connectivity index (χ3v) is 2.34. The van der Waals surface area contributed by atoms with Crippen molar-refractivity contribution < 1.29 is 21.4 Å². The van der Waals surface area contributed by atoms with Crippen molar-refractivity contribution in [2.45, 2.75) is 24.5 Å². The number of ether oxygens (including phenoxy) is 1. The summed E-state index contributed by atoms with van der Waals surface area (Å²) in [5.74, 6) is 0.196. The van der Waals surface area contributed by atoms with Crippen LogP contribution >= 0.6 is 0 Å². The Morgan fingerprint density at radius 3 is 2.87 bits per heavy atom. The molecular weight excluding hydrogens is 202 g/mol. The van der Waals surface area contributed by atoms with Crippen LogP contribution in [0.1, 0.15) is 7.60 Å². The van der Waals surface area contributed by atoms with Gasteiger partial charge in [0.25, 0.3) is 0 Å². The number of aromatic nitrogens is 2. The van der Waals surface area contributed by atoms with Crippen molar-refractivity contribution in [3.63, 3.8) is 0 Å². The van der Waals surface area contributed by atoms with Gasteiger partial charge in [-0.2, -0.15) is 0 Å². The molecule has 5 N–H and O–H groups in total. The minimum Gasteiger partial charge on any atom is -0.394 e. The second kappa shape index (κ2) is 3.78. The van der Waals surface area contributed by atoms with Crippen LogP contribution < -0.4 is 5.73 Å². The number of imidazole rings is 1. The second-order valence-electron chi connectivity index (χ2n) is 3.30. The highest BCUT2D eigenvalue weighted by Crippen LogP contribution is 2.30. The first-order valence-corrected chi connectivity index (χ1v) is 4.42. The maximum atomic E-state index is 9.80. The summed E-state index contributed by atoms with van der Waals surface area (Å²) in [4.78, 5) is 3.73. The van der Waals surface area contributed by atoms with Crippen LogP contribution in [-0.2, 0) is 4.74 Å². The van der Waals surface area contributed by atoms with E-state index in [1.165, 1.54) is 17.1 Å². The van der Waals surface area contributed by atoms with Gasteiger partial charge in [0.15, 0.2) is 6.23 Å². The normalized spacial score (nSPS) is 41.8. The lowest BCUT2D eigenvalue weighted by atomic mass is 10.1. The molecule has 0 amide bonds. The van der Waals surface area contributed by atoms with Gasteiger partial charge >= 0.3 is 0 Å². The Kier molecular flexibility index (Phi) is 2.29. The molecule has 0 radical (unpaired) electrons. The second-order valence-corrected chi connectivity index (χ2v) is 3.30. The number of nitrogens with two attached hydrogens (primary N) is 1. The van der Waals surface area contributed by atoms with E-state index in [0.29, 0.717) is 0 Å². The van der Waals surface area contributed by atoms with Gasteiger partial charge in [-0.3, -0.25) is 4.57 Å². The first-order chi connectivity index (χ1) is 7.48. The van der Waals surface area contributed by atoms with Crippen LogP contribution in [0.2, 0.25) is 0 Å². The summed E-state index contributed by atoms with van der Waals surface area (Å²) in [5, 5.41) is 28.3. The van der Waals surface area contributed by atoms with Gasteiger partial charge in [-0.05, 0) is 0 Å². The highest BCUT2D eigenvalue weighted by atomic mass is 16.6. The molecule has 15 heavy (non-hydrogen) atoms. The van der Waals surface area contributed by atoms with Crippen molar-refractivity contribution in [3.05, 3.63) is 12.5 Å². The Hall–Kier alpha value is -1.15. The summed E-state index contributed by atoms with van der Waals surface area (Å²) < 4.78 is 14.0. The van der Waals surface area contributed by atoms with Crippen LogP contribution in [0.15, 0.2) is 12.5 Å². The molecule has 1 aromatic heterocycles. The van der Waals surface area contributed by atoms with Gasteiger partial charge < -0.3 is 25.8 Å². The molecular formula is C8H13N3O4. The smallest absolute Gasteiger partial charge is 0.165 e. The Labute approximate surface area is 87.1 Å². The summed E-state index contributed by atoms with van der Waals surface area (Å²) in [6, 6.07) is 0. The number of nitrogens with zero attached hydrogens (tertiary/aromatic N) is 2. The molecule has 7 heteroatoms. The summed E-state index contributed by atoms with van der Waals surface area (Å²) in [5.41, 5.74) is 5.56. The monoisotopic (exact) mass is 216 g/mol. The van der Waals surface area contributed by atoms with Gasteiger partial charge in [-0.15, -0.1) is 0 Å². The number of rotatable bonds is 2. The molecule has 2 heterocycles. The number of aliphatic hydroxyl groups excluding tert-OH is 2. The van der Waals surface area contributed by atoms with E-state index in [9.17, 15) is 10.2 Å². The molecule has 0 bridgehead atoms. The molecule has 0 aliphatic carbocycles. The zero-order valence-corrected chi connectivity index (χ0v) is 7.82. The van der Waals surface area contributed by atoms with E-state index in [2.05, 4.69) is 4.98 Å².